The molecule has 146 valence electrons. The Morgan fingerprint density at radius 2 is 1.96 bits per heavy atom. The molecular formula is C23H28N4O. The van der Waals surface area contributed by atoms with Gasteiger partial charge >= 0.3 is 0 Å². The molecule has 3 heterocycles. The maximum absolute atomic E-state index is 12.4. The molecule has 0 aliphatic carbocycles. The van der Waals surface area contributed by atoms with Gasteiger partial charge in [0.2, 0.25) is 0 Å². The molecule has 1 aromatic carbocycles. The van der Waals surface area contributed by atoms with Gasteiger partial charge in [0.1, 0.15) is 5.65 Å². The minimum Gasteiger partial charge on any atom is -0.295 e. The van der Waals surface area contributed by atoms with Crippen LogP contribution in [-0.4, -0.2) is 44.9 Å². The summed E-state index contributed by atoms with van der Waals surface area (Å²) < 4.78 is 1.60. The van der Waals surface area contributed by atoms with Crippen LogP contribution in [0.4, 0.5) is 0 Å². The summed E-state index contributed by atoms with van der Waals surface area (Å²) in [5.74, 6) is 0. The molecule has 1 fully saturated rings. The highest BCUT2D eigenvalue weighted by Crippen LogP contribution is 2.27. The number of benzene rings is 1. The maximum atomic E-state index is 12.4. The van der Waals surface area contributed by atoms with E-state index < -0.39 is 0 Å². The van der Waals surface area contributed by atoms with Crippen molar-refractivity contribution in [3.63, 3.8) is 0 Å². The lowest BCUT2D eigenvalue weighted by molar-refractivity contribution is 0.178. The van der Waals surface area contributed by atoms with E-state index in [1.54, 1.807) is 16.7 Å². The van der Waals surface area contributed by atoms with Gasteiger partial charge in [0.05, 0.1) is 5.69 Å². The van der Waals surface area contributed by atoms with E-state index in [-0.39, 0.29) is 5.56 Å². The molecule has 1 saturated heterocycles. The minimum atomic E-state index is -0.0117. The zero-order valence-corrected chi connectivity index (χ0v) is 16.7. The van der Waals surface area contributed by atoms with Crippen molar-refractivity contribution < 1.29 is 0 Å². The Labute approximate surface area is 166 Å². The van der Waals surface area contributed by atoms with E-state index >= 15 is 0 Å². The first-order chi connectivity index (χ1) is 13.7. The van der Waals surface area contributed by atoms with Gasteiger partial charge in [0, 0.05) is 44.0 Å². The first-order valence-corrected chi connectivity index (χ1v) is 10.2. The van der Waals surface area contributed by atoms with Crippen LogP contribution in [0, 0.1) is 0 Å². The fourth-order valence-electron chi connectivity index (χ4n) is 4.25. The van der Waals surface area contributed by atoms with Crippen molar-refractivity contribution in [3.05, 3.63) is 82.4 Å². The summed E-state index contributed by atoms with van der Waals surface area (Å²) in [6, 6.07) is 19.0. The Bertz CT molecular complexity index is 985. The molecule has 0 radical (unpaired) electrons. The number of likely N-dealkylation sites (tertiary alicyclic amines) is 1. The Hall–Kier alpha value is -2.50. The van der Waals surface area contributed by atoms with E-state index in [0.717, 1.165) is 38.3 Å². The monoisotopic (exact) mass is 376 g/mol. The summed E-state index contributed by atoms with van der Waals surface area (Å²) in [4.78, 5) is 22.1. The number of hydrogen-bond donors (Lipinski definition) is 0. The van der Waals surface area contributed by atoms with Gasteiger partial charge in [-0.1, -0.05) is 43.3 Å². The van der Waals surface area contributed by atoms with E-state index in [1.807, 2.05) is 18.2 Å². The van der Waals surface area contributed by atoms with Crippen molar-refractivity contribution >= 4 is 5.65 Å². The number of aromatic nitrogens is 2. The topological polar surface area (TPSA) is 40.9 Å². The molecular weight excluding hydrogens is 348 g/mol. The second-order valence-corrected chi connectivity index (χ2v) is 7.60. The molecule has 2 atom stereocenters. The summed E-state index contributed by atoms with van der Waals surface area (Å²) in [5.41, 5.74) is 2.93. The van der Waals surface area contributed by atoms with Crippen molar-refractivity contribution in [2.24, 2.45) is 0 Å². The molecule has 0 saturated carbocycles. The Morgan fingerprint density at radius 3 is 2.75 bits per heavy atom. The standard InChI is InChI=1S/C23H28N4O/c1-3-25(16-20-15-23(28)27-13-8-7-11-22(27)24-20)21-12-14-26(17-21)18(2)19-9-5-4-6-10-19/h4-11,13,15,18,21H,3,12,14,16-17H2,1-2H3/t18-,21+/m0/s1. The van der Waals surface area contributed by atoms with Crippen LogP contribution in [0.3, 0.4) is 0 Å². The highest BCUT2D eigenvalue weighted by molar-refractivity contribution is 5.38. The van der Waals surface area contributed by atoms with E-state index in [0.29, 0.717) is 17.7 Å². The Balaban J connectivity index is 1.47. The van der Waals surface area contributed by atoms with Crippen LogP contribution in [0.25, 0.3) is 5.65 Å². The van der Waals surface area contributed by atoms with Gasteiger partial charge < -0.3 is 0 Å². The van der Waals surface area contributed by atoms with Crippen molar-refractivity contribution in [2.45, 2.75) is 38.9 Å². The molecule has 5 nitrogen and oxygen atoms in total. The Kier molecular flexibility index (Phi) is 5.55. The molecule has 0 amide bonds. The predicted octanol–water partition coefficient (Wildman–Crippen LogP) is 3.35. The smallest absolute Gasteiger partial charge is 0.258 e. The Morgan fingerprint density at radius 1 is 1.18 bits per heavy atom. The van der Waals surface area contributed by atoms with E-state index in [9.17, 15) is 4.79 Å². The maximum Gasteiger partial charge on any atom is 0.258 e. The molecule has 2 aromatic heterocycles. The third-order valence-corrected chi connectivity index (χ3v) is 5.94. The van der Waals surface area contributed by atoms with Crippen LogP contribution in [0.15, 0.2) is 65.6 Å². The second kappa shape index (κ2) is 8.25. The van der Waals surface area contributed by atoms with Crippen molar-refractivity contribution in [1.82, 2.24) is 19.2 Å². The van der Waals surface area contributed by atoms with Gasteiger partial charge in [-0.05, 0) is 37.6 Å². The number of pyridine rings is 1. The molecule has 0 unspecified atom stereocenters. The first kappa shape index (κ1) is 18.8. The van der Waals surface area contributed by atoms with Crippen molar-refractivity contribution in [3.8, 4) is 0 Å². The summed E-state index contributed by atoms with van der Waals surface area (Å²) >= 11 is 0. The second-order valence-electron chi connectivity index (χ2n) is 7.60. The highest BCUT2D eigenvalue weighted by Gasteiger charge is 2.30. The number of hydrogen-bond acceptors (Lipinski definition) is 4. The SMILES string of the molecule is CCN(Cc1cc(=O)n2ccccc2n1)[C@@H]1CCN([C@@H](C)c2ccccc2)C1. The van der Waals surface area contributed by atoms with Crippen molar-refractivity contribution in [1.29, 1.82) is 0 Å². The largest absolute Gasteiger partial charge is 0.295 e. The van der Waals surface area contributed by atoms with E-state index in [2.05, 4.69) is 54.0 Å². The highest BCUT2D eigenvalue weighted by atomic mass is 16.1. The molecule has 3 aromatic rings. The normalized spacial score (nSPS) is 18.8. The quantitative estimate of drug-likeness (QED) is 0.662. The third-order valence-electron chi connectivity index (χ3n) is 5.94. The van der Waals surface area contributed by atoms with Crippen LogP contribution in [0.2, 0.25) is 0 Å². The van der Waals surface area contributed by atoms with Gasteiger partial charge in [0.15, 0.2) is 0 Å². The summed E-state index contributed by atoms with van der Waals surface area (Å²) in [6.07, 6.45) is 2.92. The van der Waals surface area contributed by atoms with Crippen LogP contribution in [0.1, 0.15) is 37.6 Å². The van der Waals surface area contributed by atoms with Crippen LogP contribution in [-0.2, 0) is 6.54 Å². The summed E-state index contributed by atoms with van der Waals surface area (Å²) in [5, 5.41) is 0. The molecule has 28 heavy (non-hydrogen) atoms. The predicted molar refractivity (Wildman–Crippen MR) is 112 cm³/mol. The van der Waals surface area contributed by atoms with Gasteiger partial charge in [-0.25, -0.2) is 4.98 Å². The minimum absolute atomic E-state index is 0.0117. The van der Waals surface area contributed by atoms with E-state index in [1.165, 1.54) is 5.56 Å². The first-order valence-electron chi connectivity index (χ1n) is 10.2. The van der Waals surface area contributed by atoms with Gasteiger partial charge in [-0.2, -0.15) is 0 Å². The summed E-state index contributed by atoms with van der Waals surface area (Å²) in [6.45, 7) is 8.31. The molecule has 0 N–H and O–H groups in total. The molecule has 1 aliphatic heterocycles. The number of rotatable bonds is 6. The lowest BCUT2D eigenvalue weighted by Gasteiger charge is -2.29. The van der Waals surface area contributed by atoms with Crippen LogP contribution in [0.5, 0.6) is 0 Å². The zero-order chi connectivity index (χ0) is 19.5. The van der Waals surface area contributed by atoms with Crippen LogP contribution < -0.4 is 5.56 Å². The molecule has 0 spiro atoms. The zero-order valence-electron chi connectivity index (χ0n) is 16.7. The fraction of sp³-hybridized carbons (Fsp3) is 0.391. The number of likely N-dealkylation sites (N-methyl/N-ethyl adjacent to an activating group) is 1. The fourth-order valence-corrected chi connectivity index (χ4v) is 4.25. The molecule has 5 heteroatoms. The summed E-state index contributed by atoms with van der Waals surface area (Å²) in [7, 11) is 0. The lowest BCUT2D eigenvalue weighted by Crippen LogP contribution is -2.38. The molecule has 1 aliphatic rings. The lowest BCUT2D eigenvalue weighted by atomic mass is 10.1. The van der Waals surface area contributed by atoms with Crippen molar-refractivity contribution in [2.75, 3.05) is 19.6 Å². The third kappa shape index (κ3) is 3.86. The number of fused-ring (bicyclic) bond motifs is 1. The average molecular weight is 377 g/mol. The van der Waals surface area contributed by atoms with Gasteiger partial charge in [0.25, 0.3) is 5.56 Å². The number of nitrogens with zero attached hydrogens (tertiary/aromatic N) is 4. The molecule has 4 rings (SSSR count). The van der Waals surface area contributed by atoms with Crippen LogP contribution >= 0.6 is 0 Å². The van der Waals surface area contributed by atoms with Gasteiger partial charge in [-0.15, -0.1) is 0 Å². The molecule has 0 bridgehead atoms. The van der Waals surface area contributed by atoms with Gasteiger partial charge in [-0.3, -0.25) is 19.0 Å². The van der Waals surface area contributed by atoms with E-state index in [4.69, 9.17) is 4.98 Å². The average Bonchev–Trinajstić information content (AvgIpc) is 3.22.